The normalized spacial score (nSPS) is 21.2. The van der Waals surface area contributed by atoms with Gasteiger partial charge in [0, 0.05) is 23.1 Å². The van der Waals surface area contributed by atoms with Gasteiger partial charge in [-0.2, -0.15) is 0 Å². The van der Waals surface area contributed by atoms with Crippen molar-refractivity contribution < 1.29 is 5.11 Å². The SMILES string of the molecule is CC(O)CCc1ccc2[nH]cc(C[C@H]3CCCN3C)c2c1. The standard InChI is InChI=1S/C18H26N2O/c1-13(21)5-6-14-7-8-18-17(10-14)15(12-19-18)11-16-4-3-9-20(16)2/h7-8,10,12-13,16,19,21H,3-6,9,11H2,1-2H3/t13?,16-/m1/s1. The van der Waals surface area contributed by atoms with Crippen LogP contribution in [-0.2, 0) is 12.8 Å². The van der Waals surface area contributed by atoms with Crippen molar-refractivity contribution in [2.45, 2.75) is 51.2 Å². The van der Waals surface area contributed by atoms with Gasteiger partial charge >= 0.3 is 0 Å². The first-order valence-corrected chi connectivity index (χ1v) is 8.10. The molecular weight excluding hydrogens is 260 g/mol. The molecule has 2 aromatic rings. The number of nitrogens with zero attached hydrogens (tertiary/aromatic N) is 1. The smallest absolute Gasteiger partial charge is 0.0515 e. The van der Waals surface area contributed by atoms with Gasteiger partial charge in [-0.25, -0.2) is 0 Å². The predicted octanol–water partition coefficient (Wildman–Crippen LogP) is 3.12. The molecule has 0 amide bonds. The number of aliphatic hydroxyl groups is 1. The van der Waals surface area contributed by atoms with Crippen LogP contribution in [-0.4, -0.2) is 40.7 Å². The first-order chi connectivity index (χ1) is 10.1. The molecule has 0 spiro atoms. The molecule has 21 heavy (non-hydrogen) atoms. The molecular formula is C18H26N2O. The number of hydrogen-bond acceptors (Lipinski definition) is 2. The molecule has 1 fully saturated rings. The predicted molar refractivity (Wildman–Crippen MR) is 87.7 cm³/mol. The first-order valence-electron chi connectivity index (χ1n) is 8.10. The summed E-state index contributed by atoms with van der Waals surface area (Å²) in [5.74, 6) is 0. The van der Waals surface area contributed by atoms with Crippen LogP contribution < -0.4 is 0 Å². The van der Waals surface area contributed by atoms with E-state index >= 15 is 0 Å². The number of likely N-dealkylation sites (tertiary alicyclic amines) is 1. The Morgan fingerprint density at radius 3 is 3.00 bits per heavy atom. The molecule has 2 heterocycles. The summed E-state index contributed by atoms with van der Waals surface area (Å²) in [6.07, 6.45) is 7.50. The minimum Gasteiger partial charge on any atom is -0.393 e. The van der Waals surface area contributed by atoms with Crippen LogP contribution in [0.1, 0.15) is 37.3 Å². The van der Waals surface area contributed by atoms with E-state index in [2.05, 4.69) is 41.3 Å². The van der Waals surface area contributed by atoms with Crippen LogP contribution in [0.5, 0.6) is 0 Å². The van der Waals surface area contributed by atoms with Gasteiger partial charge in [-0.1, -0.05) is 6.07 Å². The monoisotopic (exact) mass is 286 g/mol. The lowest BCUT2D eigenvalue weighted by Gasteiger charge is -2.18. The van der Waals surface area contributed by atoms with Crippen LogP contribution in [0.25, 0.3) is 10.9 Å². The van der Waals surface area contributed by atoms with Gasteiger partial charge < -0.3 is 15.0 Å². The summed E-state index contributed by atoms with van der Waals surface area (Å²) in [4.78, 5) is 5.88. The molecule has 1 saturated heterocycles. The molecule has 2 atom stereocenters. The van der Waals surface area contributed by atoms with Crippen molar-refractivity contribution in [1.29, 1.82) is 0 Å². The highest BCUT2D eigenvalue weighted by Crippen LogP contribution is 2.26. The van der Waals surface area contributed by atoms with E-state index in [1.165, 1.54) is 41.4 Å². The molecule has 1 aliphatic rings. The maximum Gasteiger partial charge on any atom is 0.0515 e. The second kappa shape index (κ2) is 6.20. The molecule has 1 aromatic carbocycles. The summed E-state index contributed by atoms with van der Waals surface area (Å²) in [5.41, 5.74) is 3.98. The Hall–Kier alpha value is -1.32. The molecule has 0 saturated carbocycles. The lowest BCUT2D eigenvalue weighted by atomic mass is 10.00. The Morgan fingerprint density at radius 1 is 1.43 bits per heavy atom. The number of benzene rings is 1. The van der Waals surface area contributed by atoms with E-state index in [4.69, 9.17) is 0 Å². The van der Waals surface area contributed by atoms with Crippen molar-refractivity contribution in [3.8, 4) is 0 Å². The van der Waals surface area contributed by atoms with Crippen LogP contribution in [0.15, 0.2) is 24.4 Å². The van der Waals surface area contributed by atoms with Gasteiger partial charge in [0.05, 0.1) is 6.10 Å². The third-order valence-corrected chi connectivity index (χ3v) is 4.81. The fraction of sp³-hybridized carbons (Fsp3) is 0.556. The van der Waals surface area contributed by atoms with E-state index in [-0.39, 0.29) is 6.10 Å². The lowest BCUT2D eigenvalue weighted by Crippen LogP contribution is -2.26. The molecule has 0 radical (unpaired) electrons. The molecule has 1 unspecified atom stereocenters. The van der Waals surface area contributed by atoms with Crippen molar-refractivity contribution in [2.75, 3.05) is 13.6 Å². The highest BCUT2D eigenvalue weighted by atomic mass is 16.3. The number of aromatic nitrogens is 1. The highest BCUT2D eigenvalue weighted by molar-refractivity contribution is 5.84. The van der Waals surface area contributed by atoms with E-state index in [0.717, 1.165) is 19.3 Å². The van der Waals surface area contributed by atoms with Gasteiger partial charge in [0.25, 0.3) is 0 Å². The molecule has 1 aromatic heterocycles. The zero-order valence-electron chi connectivity index (χ0n) is 13.1. The number of rotatable bonds is 5. The molecule has 2 N–H and O–H groups in total. The highest BCUT2D eigenvalue weighted by Gasteiger charge is 2.22. The quantitative estimate of drug-likeness (QED) is 0.886. The number of fused-ring (bicyclic) bond motifs is 1. The van der Waals surface area contributed by atoms with Crippen LogP contribution in [0.4, 0.5) is 0 Å². The van der Waals surface area contributed by atoms with Gasteiger partial charge in [-0.05, 0) is 75.9 Å². The number of aromatic amines is 1. The molecule has 3 heteroatoms. The minimum absolute atomic E-state index is 0.224. The Bertz CT molecular complexity index is 602. The molecule has 3 rings (SSSR count). The number of H-pyrrole nitrogens is 1. The van der Waals surface area contributed by atoms with Crippen LogP contribution >= 0.6 is 0 Å². The molecule has 0 aliphatic carbocycles. The Kier molecular flexibility index (Phi) is 4.32. The topological polar surface area (TPSA) is 39.3 Å². The van der Waals surface area contributed by atoms with Crippen molar-refractivity contribution in [1.82, 2.24) is 9.88 Å². The number of nitrogens with one attached hydrogen (secondary N) is 1. The Labute approximate surface area is 127 Å². The van der Waals surface area contributed by atoms with Crippen LogP contribution in [0.2, 0.25) is 0 Å². The van der Waals surface area contributed by atoms with E-state index in [1.54, 1.807) is 0 Å². The van der Waals surface area contributed by atoms with E-state index in [1.807, 2.05) is 6.92 Å². The molecule has 114 valence electrons. The summed E-state index contributed by atoms with van der Waals surface area (Å²) in [7, 11) is 2.24. The largest absolute Gasteiger partial charge is 0.393 e. The van der Waals surface area contributed by atoms with E-state index in [0.29, 0.717) is 6.04 Å². The number of likely N-dealkylation sites (N-methyl/N-ethyl adjacent to an activating group) is 1. The molecule has 3 nitrogen and oxygen atoms in total. The van der Waals surface area contributed by atoms with Gasteiger partial charge in [0.1, 0.15) is 0 Å². The van der Waals surface area contributed by atoms with Crippen molar-refractivity contribution in [3.63, 3.8) is 0 Å². The number of aliphatic hydroxyl groups excluding tert-OH is 1. The third-order valence-electron chi connectivity index (χ3n) is 4.81. The minimum atomic E-state index is -0.224. The summed E-state index contributed by atoms with van der Waals surface area (Å²) >= 11 is 0. The van der Waals surface area contributed by atoms with Gasteiger partial charge in [-0.15, -0.1) is 0 Å². The maximum absolute atomic E-state index is 9.45. The van der Waals surface area contributed by atoms with Crippen molar-refractivity contribution in [2.24, 2.45) is 0 Å². The zero-order valence-corrected chi connectivity index (χ0v) is 13.1. The van der Waals surface area contributed by atoms with Crippen LogP contribution in [0, 0.1) is 0 Å². The summed E-state index contributed by atoms with van der Waals surface area (Å²) in [6, 6.07) is 7.34. The zero-order chi connectivity index (χ0) is 14.8. The first kappa shape index (κ1) is 14.6. The van der Waals surface area contributed by atoms with Crippen molar-refractivity contribution in [3.05, 3.63) is 35.5 Å². The van der Waals surface area contributed by atoms with Gasteiger partial charge in [0.2, 0.25) is 0 Å². The number of aryl methyl sites for hydroxylation is 1. The van der Waals surface area contributed by atoms with E-state index < -0.39 is 0 Å². The second-order valence-electron chi connectivity index (χ2n) is 6.56. The van der Waals surface area contributed by atoms with Crippen LogP contribution in [0.3, 0.4) is 0 Å². The fourth-order valence-electron chi connectivity index (χ4n) is 3.42. The summed E-state index contributed by atoms with van der Waals surface area (Å²) in [5, 5.41) is 10.8. The van der Waals surface area contributed by atoms with Gasteiger partial charge in [0.15, 0.2) is 0 Å². The maximum atomic E-state index is 9.45. The number of hydrogen-bond donors (Lipinski definition) is 2. The molecule has 0 bridgehead atoms. The third kappa shape index (κ3) is 3.30. The Balaban J connectivity index is 1.80. The fourth-order valence-corrected chi connectivity index (χ4v) is 3.42. The average molecular weight is 286 g/mol. The average Bonchev–Trinajstić information content (AvgIpc) is 3.04. The summed E-state index contributed by atoms with van der Waals surface area (Å²) < 4.78 is 0. The Morgan fingerprint density at radius 2 is 2.29 bits per heavy atom. The van der Waals surface area contributed by atoms with Crippen molar-refractivity contribution >= 4 is 10.9 Å². The second-order valence-corrected chi connectivity index (χ2v) is 6.56. The van der Waals surface area contributed by atoms with E-state index in [9.17, 15) is 5.11 Å². The summed E-state index contributed by atoms with van der Waals surface area (Å²) in [6.45, 7) is 3.09. The lowest BCUT2D eigenvalue weighted by molar-refractivity contribution is 0.185. The van der Waals surface area contributed by atoms with Gasteiger partial charge in [-0.3, -0.25) is 0 Å². The molecule has 1 aliphatic heterocycles.